The summed E-state index contributed by atoms with van der Waals surface area (Å²) in [5.41, 5.74) is 2.37. The van der Waals surface area contributed by atoms with Crippen molar-refractivity contribution in [1.82, 2.24) is 14.6 Å². The normalized spacial score (nSPS) is 11.6. The highest BCUT2D eigenvalue weighted by Gasteiger charge is 2.16. The highest BCUT2D eigenvalue weighted by molar-refractivity contribution is 7.15. The number of hydrogen-bond acceptors (Lipinski definition) is 8. The van der Waals surface area contributed by atoms with Gasteiger partial charge in [0.25, 0.3) is 5.56 Å². The molecular weight excluding hydrogens is 478 g/mol. The number of methoxy groups -OCH3 is 3. The van der Waals surface area contributed by atoms with Gasteiger partial charge in [-0.25, -0.2) is 4.40 Å². The van der Waals surface area contributed by atoms with E-state index in [4.69, 9.17) is 18.9 Å². The van der Waals surface area contributed by atoms with E-state index in [2.05, 4.69) is 10.2 Å². The first-order valence-corrected chi connectivity index (χ1v) is 11.9. The number of benzene rings is 3. The number of ether oxygens (including phenoxy) is 4. The standard InChI is InChI=1S/C27H23N3O5S/c1-32-20-12-10-19(15-23(20)34-3)25-28-29-27-30(25)26(31)24(36-27)14-18-9-11-21(22(13-18)33-2)35-16-17-7-5-4-6-8-17/h4-15H,16H2,1-3H3/b24-14+. The molecule has 2 aromatic heterocycles. The van der Waals surface area contributed by atoms with Gasteiger partial charge in [0.15, 0.2) is 28.8 Å². The van der Waals surface area contributed by atoms with Gasteiger partial charge in [0.1, 0.15) is 6.61 Å². The van der Waals surface area contributed by atoms with Crippen molar-refractivity contribution in [2.75, 3.05) is 21.3 Å². The molecule has 0 aliphatic rings. The number of nitrogens with zero attached hydrogens (tertiary/aromatic N) is 3. The monoisotopic (exact) mass is 501 g/mol. The molecule has 9 heteroatoms. The van der Waals surface area contributed by atoms with Crippen LogP contribution in [0.5, 0.6) is 23.0 Å². The average Bonchev–Trinajstić information content (AvgIpc) is 3.47. The lowest BCUT2D eigenvalue weighted by molar-refractivity contribution is 0.284. The second kappa shape index (κ2) is 10.1. The van der Waals surface area contributed by atoms with Crippen molar-refractivity contribution >= 4 is 22.4 Å². The molecule has 0 bridgehead atoms. The van der Waals surface area contributed by atoms with Crippen LogP contribution in [-0.2, 0) is 6.61 Å². The smallest absolute Gasteiger partial charge is 0.276 e. The minimum atomic E-state index is -0.201. The lowest BCUT2D eigenvalue weighted by Gasteiger charge is -2.11. The maximum atomic E-state index is 13.3. The van der Waals surface area contributed by atoms with Crippen LogP contribution < -0.4 is 29.0 Å². The Morgan fingerprint density at radius 2 is 1.56 bits per heavy atom. The largest absolute Gasteiger partial charge is 0.493 e. The predicted molar refractivity (Wildman–Crippen MR) is 138 cm³/mol. The van der Waals surface area contributed by atoms with Gasteiger partial charge in [-0.2, -0.15) is 0 Å². The molecule has 3 aromatic carbocycles. The molecule has 0 atom stereocenters. The Hall–Kier alpha value is -4.37. The fourth-order valence-corrected chi connectivity index (χ4v) is 4.72. The summed E-state index contributed by atoms with van der Waals surface area (Å²) in [6, 6.07) is 20.8. The van der Waals surface area contributed by atoms with Crippen LogP contribution in [0.4, 0.5) is 0 Å². The number of fused-ring (bicyclic) bond motifs is 1. The predicted octanol–water partition coefficient (Wildman–Crippen LogP) is 3.97. The maximum Gasteiger partial charge on any atom is 0.276 e. The zero-order chi connectivity index (χ0) is 25.1. The van der Waals surface area contributed by atoms with Gasteiger partial charge < -0.3 is 18.9 Å². The van der Waals surface area contributed by atoms with Crippen LogP contribution in [0.1, 0.15) is 11.1 Å². The summed E-state index contributed by atoms with van der Waals surface area (Å²) in [5.74, 6) is 2.79. The van der Waals surface area contributed by atoms with Crippen molar-refractivity contribution in [3.63, 3.8) is 0 Å². The Morgan fingerprint density at radius 1 is 0.833 bits per heavy atom. The van der Waals surface area contributed by atoms with Crippen LogP contribution in [0.25, 0.3) is 22.4 Å². The summed E-state index contributed by atoms with van der Waals surface area (Å²) in [6.07, 6.45) is 1.81. The Bertz CT molecular complexity index is 1630. The van der Waals surface area contributed by atoms with Crippen molar-refractivity contribution in [1.29, 1.82) is 0 Å². The van der Waals surface area contributed by atoms with E-state index < -0.39 is 0 Å². The molecule has 182 valence electrons. The molecule has 0 saturated carbocycles. The Balaban J connectivity index is 1.48. The molecular formula is C27H23N3O5S. The van der Waals surface area contributed by atoms with E-state index >= 15 is 0 Å². The molecule has 0 aliphatic carbocycles. The molecule has 0 spiro atoms. The van der Waals surface area contributed by atoms with Crippen molar-refractivity contribution in [2.24, 2.45) is 0 Å². The van der Waals surface area contributed by atoms with Gasteiger partial charge in [0.05, 0.1) is 25.9 Å². The highest BCUT2D eigenvalue weighted by Crippen LogP contribution is 2.32. The third-order valence-electron chi connectivity index (χ3n) is 5.61. The first-order chi connectivity index (χ1) is 17.6. The topological polar surface area (TPSA) is 84.2 Å². The summed E-state index contributed by atoms with van der Waals surface area (Å²) in [5, 5.41) is 8.44. The van der Waals surface area contributed by atoms with E-state index in [0.717, 1.165) is 11.1 Å². The summed E-state index contributed by atoms with van der Waals surface area (Å²) >= 11 is 1.27. The van der Waals surface area contributed by atoms with Crippen molar-refractivity contribution < 1.29 is 18.9 Å². The third kappa shape index (κ3) is 4.48. The zero-order valence-electron chi connectivity index (χ0n) is 19.9. The zero-order valence-corrected chi connectivity index (χ0v) is 20.7. The molecule has 5 rings (SSSR count). The van der Waals surface area contributed by atoms with Crippen molar-refractivity contribution in [3.8, 4) is 34.4 Å². The van der Waals surface area contributed by atoms with E-state index in [9.17, 15) is 4.79 Å². The van der Waals surface area contributed by atoms with Gasteiger partial charge in [-0.3, -0.25) is 4.79 Å². The fraction of sp³-hybridized carbons (Fsp3) is 0.148. The first-order valence-electron chi connectivity index (χ1n) is 11.1. The Labute approximate surface area is 211 Å². The number of hydrogen-bond donors (Lipinski definition) is 0. The first kappa shape index (κ1) is 23.4. The lowest BCUT2D eigenvalue weighted by atomic mass is 10.2. The van der Waals surface area contributed by atoms with Crippen LogP contribution in [0, 0.1) is 0 Å². The fourth-order valence-electron chi connectivity index (χ4n) is 3.80. The average molecular weight is 502 g/mol. The summed E-state index contributed by atoms with van der Waals surface area (Å²) in [7, 11) is 4.72. The van der Waals surface area contributed by atoms with E-state index in [1.807, 2.05) is 60.7 Å². The molecule has 0 unspecified atom stereocenters. The van der Waals surface area contributed by atoms with E-state index in [1.165, 1.54) is 15.7 Å². The van der Waals surface area contributed by atoms with Crippen LogP contribution in [0.3, 0.4) is 0 Å². The van der Waals surface area contributed by atoms with Crippen molar-refractivity contribution in [3.05, 3.63) is 92.7 Å². The molecule has 36 heavy (non-hydrogen) atoms. The van der Waals surface area contributed by atoms with Crippen molar-refractivity contribution in [2.45, 2.75) is 6.61 Å². The van der Waals surface area contributed by atoms with Gasteiger partial charge in [-0.1, -0.05) is 47.7 Å². The molecule has 0 amide bonds. The second-order valence-corrected chi connectivity index (χ2v) is 8.82. The SMILES string of the molecule is COc1ccc(-c2nnc3s/c(=C/c4ccc(OCc5ccccc5)c(OC)c4)c(=O)n23)cc1OC. The third-order valence-corrected chi connectivity index (χ3v) is 6.57. The minimum absolute atomic E-state index is 0.201. The molecule has 8 nitrogen and oxygen atoms in total. The highest BCUT2D eigenvalue weighted by atomic mass is 32.1. The Morgan fingerprint density at radius 3 is 2.31 bits per heavy atom. The summed E-state index contributed by atoms with van der Waals surface area (Å²) in [4.78, 5) is 13.8. The second-order valence-electron chi connectivity index (χ2n) is 7.81. The van der Waals surface area contributed by atoms with Gasteiger partial charge >= 0.3 is 0 Å². The molecule has 0 aliphatic heterocycles. The van der Waals surface area contributed by atoms with Crippen LogP contribution >= 0.6 is 11.3 Å². The van der Waals surface area contributed by atoms with E-state index in [-0.39, 0.29) is 5.56 Å². The molecule has 0 fully saturated rings. The quantitative estimate of drug-likeness (QED) is 0.318. The van der Waals surface area contributed by atoms with Gasteiger partial charge in [0, 0.05) is 5.56 Å². The number of rotatable bonds is 8. The minimum Gasteiger partial charge on any atom is -0.493 e. The molecule has 0 radical (unpaired) electrons. The van der Waals surface area contributed by atoms with E-state index in [0.29, 0.717) is 50.5 Å². The van der Waals surface area contributed by atoms with Crippen LogP contribution in [0.15, 0.2) is 71.5 Å². The van der Waals surface area contributed by atoms with E-state index in [1.54, 1.807) is 33.5 Å². The summed E-state index contributed by atoms with van der Waals surface area (Å²) in [6.45, 7) is 0.430. The van der Waals surface area contributed by atoms with Crippen LogP contribution in [-0.4, -0.2) is 35.9 Å². The summed E-state index contributed by atoms with van der Waals surface area (Å²) < 4.78 is 24.2. The molecule has 2 heterocycles. The van der Waals surface area contributed by atoms with Gasteiger partial charge in [-0.15, -0.1) is 10.2 Å². The molecule has 5 aromatic rings. The lowest BCUT2D eigenvalue weighted by Crippen LogP contribution is -2.23. The number of aromatic nitrogens is 3. The Kier molecular flexibility index (Phi) is 6.55. The molecule has 0 saturated heterocycles. The maximum absolute atomic E-state index is 13.3. The number of thiazole rings is 1. The van der Waals surface area contributed by atoms with Gasteiger partial charge in [-0.05, 0) is 47.5 Å². The van der Waals surface area contributed by atoms with Crippen LogP contribution in [0.2, 0.25) is 0 Å². The molecule has 0 N–H and O–H groups in total. The van der Waals surface area contributed by atoms with Gasteiger partial charge in [0.2, 0.25) is 4.96 Å².